The second kappa shape index (κ2) is 5.72. The Balaban J connectivity index is 2.77. The van der Waals surface area contributed by atoms with E-state index in [0.29, 0.717) is 24.3 Å². The van der Waals surface area contributed by atoms with Gasteiger partial charge in [0.15, 0.2) is 5.60 Å². The van der Waals surface area contributed by atoms with E-state index in [9.17, 15) is 31.4 Å². The van der Waals surface area contributed by atoms with Gasteiger partial charge in [0.2, 0.25) is 0 Å². The molecule has 1 unspecified atom stereocenters. The van der Waals surface area contributed by atoms with Crippen molar-refractivity contribution in [2.45, 2.75) is 17.7 Å². The molecule has 2 rings (SSSR count). The van der Waals surface area contributed by atoms with Crippen LogP contribution in [0.15, 0.2) is 48.5 Å². The van der Waals surface area contributed by atoms with E-state index in [-0.39, 0.29) is 5.02 Å². The zero-order valence-electron chi connectivity index (χ0n) is 11.2. The molecule has 124 valence electrons. The highest BCUT2D eigenvalue weighted by Gasteiger charge is 2.71. The highest BCUT2D eigenvalue weighted by atomic mass is 35.5. The van der Waals surface area contributed by atoms with E-state index in [1.54, 1.807) is 0 Å². The van der Waals surface area contributed by atoms with E-state index in [0.717, 1.165) is 18.2 Å². The van der Waals surface area contributed by atoms with Crippen LogP contribution in [0.2, 0.25) is 5.02 Å². The lowest BCUT2D eigenvalue weighted by Crippen LogP contribution is -2.55. The van der Waals surface area contributed by atoms with E-state index >= 15 is 0 Å². The van der Waals surface area contributed by atoms with Crippen LogP contribution in [-0.2, 0) is 5.60 Å². The molecule has 0 aromatic heterocycles. The quantitative estimate of drug-likeness (QED) is 0.776. The number of benzene rings is 2. The Labute approximate surface area is 132 Å². The van der Waals surface area contributed by atoms with Gasteiger partial charge in [0.25, 0.3) is 0 Å². The standard InChI is InChI=1S/C15H9ClF6O/c16-11-3-1-2-10(8-11)13(23,14(18,19)15(20,21)22)9-4-6-12(17)7-5-9/h1-8,23H. The van der Waals surface area contributed by atoms with Crippen LogP contribution in [0, 0.1) is 5.82 Å². The summed E-state index contributed by atoms with van der Waals surface area (Å²) in [5, 5.41) is 10.2. The van der Waals surface area contributed by atoms with E-state index in [1.165, 1.54) is 6.07 Å². The van der Waals surface area contributed by atoms with Gasteiger partial charge in [-0.2, -0.15) is 22.0 Å². The molecule has 8 heteroatoms. The summed E-state index contributed by atoms with van der Waals surface area (Å²) < 4.78 is 79.7. The van der Waals surface area contributed by atoms with Crippen molar-refractivity contribution in [2.24, 2.45) is 0 Å². The number of halogens is 7. The van der Waals surface area contributed by atoms with Crippen molar-refractivity contribution in [3.63, 3.8) is 0 Å². The predicted molar refractivity (Wildman–Crippen MR) is 71.9 cm³/mol. The number of aliphatic hydroxyl groups is 1. The molecule has 0 heterocycles. The van der Waals surface area contributed by atoms with Crippen LogP contribution in [0.1, 0.15) is 11.1 Å². The van der Waals surface area contributed by atoms with E-state index in [2.05, 4.69) is 0 Å². The van der Waals surface area contributed by atoms with Gasteiger partial charge in [-0.25, -0.2) is 4.39 Å². The van der Waals surface area contributed by atoms with Crippen LogP contribution in [0.25, 0.3) is 0 Å². The van der Waals surface area contributed by atoms with Crippen LogP contribution < -0.4 is 0 Å². The van der Waals surface area contributed by atoms with Gasteiger partial charge in [0, 0.05) is 5.02 Å². The van der Waals surface area contributed by atoms with Gasteiger partial charge >= 0.3 is 12.1 Å². The van der Waals surface area contributed by atoms with Crippen molar-refractivity contribution >= 4 is 11.6 Å². The maximum Gasteiger partial charge on any atom is 0.457 e. The average molecular weight is 355 g/mol. The summed E-state index contributed by atoms with van der Waals surface area (Å²) in [6, 6.07) is 6.74. The van der Waals surface area contributed by atoms with E-state index < -0.39 is 34.6 Å². The SMILES string of the molecule is OC(c1ccc(F)cc1)(c1cccc(Cl)c1)C(F)(F)C(F)(F)F. The van der Waals surface area contributed by atoms with Gasteiger partial charge in [-0.1, -0.05) is 35.9 Å². The Morgan fingerprint density at radius 3 is 1.87 bits per heavy atom. The van der Waals surface area contributed by atoms with Crippen LogP contribution >= 0.6 is 11.6 Å². The van der Waals surface area contributed by atoms with Gasteiger partial charge in [-0.15, -0.1) is 0 Å². The molecule has 2 aromatic carbocycles. The second-order valence-electron chi connectivity index (χ2n) is 4.80. The molecular weight excluding hydrogens is 346 g/mol. The van der Waals surface area contributed by atoms with Crippen molar-refractivity contribution in [1.82, 2.24) is 0 Å². The molecule has 0 radical (unpaired) electrons. The van der Waals surface area contributed by atoms with Crippen molar-refractivity contribution in [3.05, 3.63) is 70.5 Å². The Kier molecular flexibility index (Phi) is 4.38. The predicted octanol–water partition coefficient (Wildman–Crippen LogP) is 4.91. The first kappa shape index (κ1) is 17.6. The summed E-state index contributed by atoms with van der Waals surface area (Å²) in [5.41, 5.74) is -5.34. The molecule has 1 nitrogen and oxygen atoms in total. The lowest BCUT2D eigenvalue weighted by molar-refractivity contribution is -0.336. The minimum Gasteiger partial charge on any atom is -0.374 e. The molecule has 1 atom stereocenters. The number of rotatable bonds is 3. The maximum absolute atomic E-state index is 14.1. The lowest BCUT2D eigenvalue weighted by Gasteiger charge is -2.37. The first-order valence-electron chi connectivity index (χ1n) is 6.19. The van der Waals surface area contributed by atoms with Crippen LogP contribution in [0.3, 0.4) is 0 Å². The molecule has 0 amide bonds. The minimum atomic E-state index is -6.04. The Morgan fingerprint density at radius 2 is 1.39 bits per heavy atom. The summed E-state index contributed by atoms with van der Waals surface area (Å²) in [5.74, 6) is -6.39. The average Bonchev–Trinajstić information content (AvgIpc) is 2.45. The van der Waals surface area contributed by atoms with Gasteiger partial charge < -0.3 is 5.11 Å². The molecule has 0 aliphatic heterocycles. The highest BCUT2D eigenvalue weighted by molar-refractivity contribution is 6.30. The van der Waals surface area contributed by atoms with Gasteiger partial charge in [-0.05, 0) is 35.4 Å². The summed E-state index contributed by atoms with van der Waals surface area (Å²) >= 11 is 5.63. The third kappa shape index (κ3) is 2.90. The van der Waals surface area contributed by atoms with Crippen LogP contribution in [0.5, 0.6) is 0 Å². The summed E-state index contributed by atoms with van der Waals surface area (Å²) in [6.07, 6.45) is -6.04. The molecule has 23 heavy (non-hydrogen) atoms. The highest BCUT2D eigenvalue weighted by Crippen LogP contribution is 2.51. The normalized spacial score (nSPS) is 15.3. The molecule has 0 spiro atoms. The Bertz CT molecular complexity index is 698. The fourth-order valence-corrected chi connectivity index (χ4v) is 2.33. The summed E-state index contributed by atoms with van der Waals surface area (Å²) in [7, 11) is 0. The Hall–Kier alpha value is -1.73. The largest absolute Gasteiger partial charge is 0.457 e. The minimum absolute atomic E-state index is 0.138. The molecular formula is C15H9ClF6O. The summed E-state index contributed by atoms with van der Waals surface area (Å²) in [4.78, 5) is 0. The zero-order valence-corrected chi connectivity index (χ0v) is 12.0. The number of hydrogen-bond acceptors (Lipinski definition) is 1. The summed E-state index contributed by atoms with van der Waals surface area (Å²) in [6.45, 7) is 0. The smallest absolute Gasteiger partial charge is 0.374 e. The fourth-order valence-electron chi connectivity index (χ4n) is 2.14. The van der Waals surface area contributed by atoms with Gasteiger partial charge in [0.1, 0.15) is 5.82 Å². The topological polar surface area (TPSA) is 20.2 Å². The first-order chi connectivity index (χ1) is 10.5. The lowest BCUT2D eigenvalue weighted by atomic mass is 9.80. The number of alkyl halides is 5. The Morgan fingerprint density at radius 1 is 0.826 bits per heavy atom. The molecule has 0 aliphatic rings. The third-order valence-electron chi connectivity index (χ3n) is 3.31. The monoisotopic (exact) mass is 354 g/mol. The molecule has 0 saturated heterocycles. The maximum atomic E-state index is 14.1. The van der Waals surface area contributed by atoms with E-state index in [4.69, 9.17) is 11.6 Å². The molecule has 2 aromatic rings. The molecule has 0 aliphatic carbocycles. The van der Waals surface area contributed by atoms with Crippen molar-refractivity contribution in [1.29, 1.82) is 0 Å². The molecule has 0 bridgehead atoms. The molecule has 0 saturated carbocycles. The third-order valence-corrected chi connectivity index (χ3v) is 3.55. The first-order valence-corrected chi connectivity index (χ1v) is 6.57. The van der Waals surface area contributed by atoms with Gasteiger partial charge in [0.05, 0.1) is 0 Å². The van der Waals surface area contributed by atoms with Gasteiger partial charge in [-0.3, -0.25) is 0 Å². The van der Waals surface area contributed by atoms with Crippen molar-refractivity contribution < 1.29 is 31.4 Å². The van der Waals surface area contributed by atoms with Crippen molar-refractivity contribution in [3.8, 4) is 0 Å². The number of hydrogen-bond donors (Lipinski definition) is 1. The second-order valence-corrected chi connectivity index (χ2v) is 5.24. The molecule has 1 N–H and O–H groups in total. The molecule has 0 fully saturated rings. The van der Waals surface area contributed by atoms with E-state index in [1.807, 2.05) is 0 Å². The fraction of sp³-hybridized carbons (Fsp3) is 0.200. The zero-order chi connectivity index (χ0) is 17.5. The van der Waals surface area contributed by atoms with Crippen LogP contribution in [0.4, 0.5) is 26.3 Å². The van der Waals surface area contributed by atoms with Crippen LogP contribution in [-0.4, -0.2) is 17.2 Å². The van der Waals surface area contributed by atoms with Crippen molar-refractivity contribution in [2.75, 3.05) is 0 Å².